The molecular formula is C18H34O5. The molecule has 0 bridgehead atoms. The Hall–Kier alpha value is -0.460. The lowest BCUT2D eigenvalue weighted by Crippen LogP contribution is -2.55. The Morgan fingerprint density at radius 2 is 1.74 bits per heavy atom. The number of ether oxygens (including phenoxy) is 2. The molecule has 5 nitrogen and oxygen atoms in total. The fourth-order valence-corrected chi connectivity index (χ4v) is 2.79. The number of aliphatic hydroxyl groups is 3. The Morgan fingerprint density at radius 1 is 1.04 bits per heavy atom. The molecule has 23 heavy (non-hydrogen) atoms. The maximum Gasteiger partial charge on any atom is 0.115 e. The summed E-state index contributed by atoms with van der Waals surface area (Å²) in [5.41, 5.74) is 0. The van der Waals surface area contributed by atoms with Crippen LogP contribution in [0, 0.1) is 0 Å². The van der Waals surface area contributed by atoms with Crippen molar-refractivity contribution in [2.75, 3.05) is 19.8 Å². The van der Waals surface area contributed by atoms with E-state index in [9.17, 15) is 15.3 Å². The molecule has 0 aromatic heterocycles. The number of rotatable bonds is 12. The van der Waals surface area contributed by atoms with Crippen molar-refractivity contribution in [3.05, 3.63) is 12.2 Å². The smallest absolute Gasteiger partial charge is 0.115 e. The van der Waals surface area contributed by atoms with Gasteiger partial charge in [-0.1, -0.05) is 57.6 Å². The Balaban J connectivity index is 2.08. The monoisotopic (exact) mass is 330 g/mol. The molecule has 0 amide bonds. The van der Waals surface area contributed by atoms with Gasteiger partial charge < -0.3 is 24.8 Å². The van der Waals surface area contributed by atoms with Crippen LogP contribution in [0.5, 0.6) is 0 Å². The number of aliphatic hydroxyl groups excluding tert-OH is 3. The van der Waals surface area contributed by atoms with E-state index in [1.807, 2.05) is 6.08 Å². The zero-order chi connectivity index (χ0) is 16.9. The average molecular weight is 330 g/mol. The number of hydrogen-bond acceptors (Lipinski definition) is 5. The molecule has 0 saturated carbocycles. The third-order valence-corrected chi connectivity index (χ3v) is 4.28. The SMILES string of the molecule is CCCCCCCCC/C=C/CO[C@H]1[C@H](O)[C@@H](O)CO[C@@H]1CO. The summed E-state index contributed by atoms with van der Waals surface area (Å²) in [4.78, 5) is 0. The standard InChI is InChI=1S/C18H34O5/c1-2-3-4-5-6-7-8-9-10-11-12-22-18-16(13-19)23-14-15(20)17(18)21/h10-11,15-21H,2-9,12-14H2,1H3/b11-10+/t15-,16+,17+,18+/m0/s1. The van der Waals surface area contributed by atoms with Crippen molar-refractivity contribution in [2.45, 2.75) is 82.7 Å². The van der Waals surface area contributed by atoms with Gasteiger partial charge in [0.15, 0.2) is 0 Å². The molecule has 1 fully saturated rings. The summed E-state index contributed by atoms with van der Waals surface area (Å²) in [6.07, 6.45) is 10.9. The molecule has 5 heteroatoms. The zero-order valence-corrected chi connectivity index (χ0v) is 14.4. The largest absolute Gasteiger partial charge is 0.394 e. The van der Waals surface area contributed by atoms with Gasteiger partial charge in [-0.25, -0.2) is 0 Å². The highest BCUT2D eigenvalue weighted by Gasteiger charge is 2.38. The van der Waals surface area contributed by atoms with Crippen LogP contribution < -0.4 is 0 Å². The summed E-state index contributed by atoms with van der Waals surface area (Å²) in [5, 5.41) is 28.7. The molecule has 1 saturated heterocycles. The van der Waals surface area contributed by atoms with E-state index in [1.165, 1.54) is 44.9 Å². The second-order valence-corrected chi connectivity index (χ2v) is 6.29. The van der Waals surface area contributed by atoms with Gasteiger partial charge >= 0.3 is 0 Å². The van der Waals surface area contributed by atoms with E-state index in [4.69, 9.17) is 9.47 Å². The molecular weight excluding hydrogens is 296 g/mol. The van der Waals surface area contributed by atoms with E-state index in [-0.39, 0.29) is 13.2 Å². The Morgan fingerprint density at radius 3 is 2.43 bits per heavy atom. The van der Waals surface area contributed by atoms with Crippen molar-refractivity contribution in [1.29, 1.82) is 0 Å². The second kappa shape index (κ2) is 12.9. The van der Waals surface area contributed by atoms with Crippen molar-refractivity contribution in [1.82, 2.24) is 0 Å². The first-order chi connectivity index (χ1) is 11.2. The third kappa shape index (κ3) is 8.27. The van der Waals surface area contributed by atoms with Gasteiger partial charge in [-0.05, 0) is 12.8 Å². The molecule has 4 atom stereocenters. The third-order valence-electron chi connectivity index (χ3n) is 4.28. The first-order valence-electron chi connectivity index (χ1n) is 9.05. The summed E-state index contributed by atoms with van der Waals surface area (Å²) >= 11 is 0. The quantitative estimate of drug-likeness (QED) is 0.377. The fourth-order valence-electron chi connectivity index (χ4n) is 2.79. The highest BCUT2D eigenvalue weighted by molar-refractivity contribution is 4.89. The molecule has 3 N–H and O–H groups in total. The van der Waals surface area contributed by atoms with Crippen LogP contribution in [0.3, 0.4) is 0 Å². The number of unbranched alkanes of at least 4 members (excludes halogenated alkanes) is 7. The lowest BCUT2D eigenvalue weighted by atomic mass is 10.0. The number of allylic oxidation sites excluding steroid dienone is 1. The molecule has 136 valence electrons. The summed E-state index contributed by atoms with van der Waals surface area (Å²) in [7, 11) is 0. The van der Waals surface area contributed by atoms with Crippen molar-refractivity contribution in [2.24, 2.45) is 0 Å². The molecule has 0 aliphatic carbocycles. The molecule has 1 rings (SSSR count). The van der Waals surface area contributed by atoms with Crippen LogP contribution in [0.4, 0.5) is 0 Å². The predicted octanol–water partition coefficient (Wildman–Crippen LogP) is 2.18. The van der Waals surface area contributed by atoms with Crippen LogP contribution in [-0.4, -0.2) is 59.6 Å². The maximum atomic E-state index is 9.91. The highest BCUT2D eigenvalue weighted by atomic mass is 16.6. The van der Waals surface area contributed by atoms with E-state index in [1.54, 1.807) is 0 Å². The van der Waals surface area contributed by atoms with Gasteiger partial charge in [-0.2, -0.15) is 0 Å². The topological polar surface area (TPSA) is 79.2 Å². The first kappa shape index (κ1) is 20.6. The van der Waals surface area contributed by atoms with Gasteiger partial charge in [0.1, 0.15) is 24.4 Å². The van der Waals surface area contributed by atoms with Crippen LogP contribution in [0.25, 0.3) is 0 Å². The minimum absolute atomic E-state index is 0.0281. The van der Waals surface area contributed by atoms with Crippen molar-refractivity contribution in [3.8, 4) is 0 Å². The summed E-state index contributed by atoms with van der Waals surface area (Å²) in [5.74, 6) is 0. The average Bonchev–Trinajstić information content (AvgIpc) is 2.56. The maximum absolute atomic E-state index is 9.91. The Kier molecular flexibility index (Phi) is 11.5. The van der Waals surface area contributed by atoms with Crippen LogP contribution in [-0.2, 0) is 9.47 Å². The number of hydrogen-bond donors (Lipinski definition) is 3. The molecule has 0 unspecified atom stereocenters. The minimum Gasteiger partial charge on any atom is -0.394 e. The van der Waals surface area contributed by atoms with Crippen LogP contribution in [0.2, 0.25) is 0 Å². The van der Waals surface area contributed by atoms with Crippen molar-refractivity contribution < 1.29 is 24.8 Å². The van der Waals surface area contributed by atoms with Gasteiger partial charge in [0, 0.05) is 0 Å². The van der Waals surface area contributed by atoms with Gasteiger partial charge in [0.2, 0.25) is 0 Å². The molecule has 0 aromatic rings. The van der Waals surface area contributed by atoms with Crippen molar-refractivity contribution in [3.63, 3.8) is 0 Å². The van der Waals surface area contributed by atoms with Crippen LogP contribution in [0.15, 0.2) is 12.2 Å². The van der Waals surface area contributed by atoms with E-state index in [2.05, 4.69) is 13.0 Å². The highest BCUT2D eigenvalue weighted by Crippen LogP contribution is 2.18. The van der Waals surface area contributed by atoms with E-state index in [0.717, 1.165) is 6.42 Å². The van der Waals surface area contributed by atoms with Crippen LogP contribution >= 0.6 is 0 Å². The molecule has 0 radical (unpaired) electrons. The second-order valence-electron chi connectivity index (χ2n) is 6.29. The predicted molar refractivity (Wildman–Crippen MR) is 90.3 cm³/mol. The summed E-state index contributed by atoms with van der Waals surface area (Å²) < 4.78 is 10.8. The summed E-state index contributed by atoms with van der Waals surface area (Å²) in [6, 6.07) is 0. The Labute approximate surface area is 140 Å². The normalized spacial score (nSPS) is 28.5. The van der Waals surface area contributed by atoms with E-state index in [0.29, 0.717) is 6.61 Å². The molecule has 1 aliphatic heterocycles. The molecule has 1 heterocycles. The zero-order valence-electron chi connectivity index (χ0n) is 14.4. The van der Waals surface area contributed by atoms with Gasteiger partial charge in [0.05, 0.1) is 19.8 Å². The Bertz CT molecular complexity index is 306. The minimum atomic E-state index is -1.02. The lowest BCUT2D eigenvalue weighted by molar-refractivity contribution is -0.208. The van der Waals surface area contributed by atoms with E-state index < -0.39 is 24.4 Å². The lowest BCUT2D eigenvalue weighted by Gasteiger charge is -2.37. The first-order valence-corrected chi connectivity index (χ1v) is 9.05. The van der Waals surface area contributed by atoms with Gasteiger partial charge in [-0.15, -0.1) is 0 Å². The van der Waals surface area contributed by atoms with Gasteiger partial charge in [0.25, 0.3) is 0 Å². The van der Waals surface area contributed by atoms with Crippen molar-refractivity contribution >= 4 is 0 Å². The molecule has 0 spiro atoms. The van der Waals surface area contributed by atoms with Crippen LogP contribution in [0.1, 0.15) is 58.3 Å². The molecule has 1 aliphatic rings. The van der Waals surface area contributed by atoms with E-state index >= 15 is 0 Å². The van der Waals surface area contributed by atoms with Gasteiger partial charge in [-0.3, -0.25) is 0 Å². The summed E-state index contributed by atoms with van der Waals surface area (Å²) in [6.45, 7) is 2.39. The fraction of sp³-hybridized carbons (Fsp3) is 0.889. The molecule has 0 aromatic carbocycles.